The van der Waals surface area contributed by atoms with Crippen molar-refractivity contribution >= 4 is 21.4 Å². The van der Waals surface area contributed by atoms with Gasteiger partial charge in [-0.1, -0.05) is 12.1 Å². The van der Waals surface area contributed by atoms with E-state index < -0.39 is 15.9 Å². The van der Waals surface area contributed by atoms with Crippen molar-refractivity contribution < 1.29 is 27.4 Å². The normalized spacial score (nSPS) is 24.7. The van der Waals surface area contributed by atoms with Gasteiger partial charge in [0.25, 0.3) is 0 Å². The van der Waals surface area contributed by atoms with Gasteiger partial charge in [0, 0.05) is 24.3 Å². The zero-order valence-electron chi connectivity index (χ0n) is 16.5. The molecule has 3 heterocycles. The SMILES string of the molecule is COc1cccc(N2C(=O)CN(Cc3ccc4c(c3)OCO4)[C@@H]3CS(=O)(=O)C[C@H]32)c1. The molecule has 1 amide bonds. The molecular weight excluding hydrogens is 408 g/mol. The number of piperazine rings is 1. The highest BCUT2D eigenvalue weighted by molar-refractivity contribution is 7.91. The molecular formula is C21H22N2O6S. The number of carbonyl (C=O) groups excluding carboxylic acids is 1. The predicted molar refractivity (Wildman–Crippen MR) is 110 cm³/mol. The Bertz CT molecular complexity index is 1100. The lowest BCUT2D eigenvalue weighted by Crippen LogP contribution is -2.61. The Labute approximate surface area is 174 Å². The second kappa shape index (κ2) is 7.17. The van der Waals surface area contributed by atoms with Crippen LogP contribution in [-0.4, -0.2) is 63.3 Å². The van der Waals surface area contributed by atoms with E-state index in [0.717, 1.165) is 5.56 Å². The number of nitrogens with zero attached hydrogens (tertiary/aromatic N) is 2. The zero-order valence-corrected chi connectivity index (χ0v) is 17.3. The number of hydrogen-bond donors (Lipinski definition) is 0. The molecule has 2 atom stereocenters. The van der Waals surface area contributed by atoms with Crippen molar-refractivity contribution in [3.05, 3.63) is 48.0 Å². The van der Waals surface area contributed by atoms with Crippen LogP contribution in [-0.2, 0) is 21.2 Å². The van der Waals surface area contributed by atoms with E-state index in [1.54, 1.807) is 30.2 Å². The van der Waals surface area contributed by atoms with Crippen LogP contribution in [0.25, 0.3) is 0 Å². The van der Waals surface area contributed by atoms with E-state index in [2.05, 4.69) is 0 Å². The van der Waals surface area contributed by atoms with Gasteiger partial charge in [0.15, 0.2) is 21.3 Å². The van der Waals surface area contributed by atoms with Gasteiger partial charge in [0.2, 0.25) is 12.7 Å². The summed E-state index contributed by atoms with van der Waals surface area (Å²) >= 11 is 0. The van der Waals surface area contributed by atoms with Crippen LogP contribution in [0, 0.1) is 0 Å². The molecule has 2 fully saturated rings. The molecule has 2 saturated heterocycles. The summed E-state index contributed by atoms with van der Waals surface area (Å²) in [6.45, 7) is 0.798. The van der Waals surface area contributed by atoms with Crippen molar-refractivity contribution in [2.75, 3.05) is 36.9 Å². The molecule has 0 aliphatic carbocycles. The molecule has 3 aliphatic heterocycles. The minimum atomic E-state index is -3.26. The lowest BCUT2D eigenvalue weighted by molar-refractivity contribution is -0.123. The lowest BCUT2D eigenvalue weighted by Gasteiger charge is -2.43. The van der Waals surface area contributed by atoms with Crippen molar-refractivity contribution in [3.63, 3.8) is 0 Å². The third kappa shape index (κ3) is 3.37. The summed E-state index contributed by atoms with van der Waals surface area (Å²) in [6.07, 6.45) is 0. The molecule has 0 bridgehead atoms. The van der Waals surface area contributed by atoms with Gasteiger partial charge in [-0.25, -0.2) is 8.42 Å². The maximum absolute atomic E-state index is 13.1. The maximum Gasteiger partial charge on any atom is 0.241 e. The first-order chi connectivity index (χ1) is 14.4. The number of methoxy groups -OCH3 is 1. The van der Waals surface area contributed by atoms with Crippen molar-refractivity contribution in [3.8, 4) is 17.2 Å². The summed E-state index contributed by atoms with van der Waals surface area (Å²) < 4.78 is 41.1. The fourth-order valence-electron chi connectivity index (χ4n) is 4.50. The number of carbonyl (C=O) groups is 1. The van der Waals surface area contributed by atoms with Gasteiger partial charge in [-0.05, 0) is 29.8 Å². The third-order valence-electron chi connectivity index (χ3n) is 5.86. The van der Waals surface area contributed by atoms with Crippen molar-refractivity contribution in [2.24, 2.45) is 0 Å². The average Bonchev–Trinajstić information content (AvgIpc) is 3.31. The van der Waals surface area contributed by atoms with E-state index in [1.807, 2.05) is 29.2 Å². The van der Waals surface area contributed by atoms with Crippen LogP contribution in [0.15, 0.2) is 42.5 Å². The maximum atomic E-state index is 13.1. The molecule has 8 nitrogen and oxygen atoms in total. The van der Waals surface area contributed by atoms with E-state index in [0.29, 0.717) is 29.5 Å². The van der Waals surface area contributed by atoms with Crippen molar-refractivity contribution in [1.82, 2.24) is 4.90 Å². The largest absolute Gasteiger partial charge is 0.497 e. The summed E-state index contributed by atoms with van der Waals surface area (Å²) in [7, 11) is -1.69. The number of sulfone groups is 1. The number of rotatable bonds is 4. The Morgan fingerprint density at radius 1 is 1.07 bits per heavy atom. The minimum absolute atomic E-state index is 0.0377. The predicted octanol–water partition coefficient (Wildman–Crippen LogP) is 1.44. The van der Waals surface area contributed by atoms with Crippen molar-refractivity contribution in [1.29, 1.82) is 0 Å². The molecule has 9 heteroatoms. The first kappa shape index (κ1) is 19.2. The molecule has 0 N–H and O–H groups in total. The molecule has 5 rings (SSSR count). The average molecular weight is 430 g/mol. The number of amides is 1. The number of ether oxygens (including phenoxy) is 3. The molecule has 0 spiro atoms. The second-order valence-corrected chi connectivity index (χ2v) is 9.92. The fraction of sp³-hybridized carbons (Fsp3) is 0.381. The summed E-state index contributed by atoms with van der Waals surface area (Å²) in [4.78, 5) is 16.7. The van der Waals surface area contributed by atoms with Gasteiger partial charge in [-0.3, -0.25) is 9.69 Å². The van der Waals surface area contributed by atoms with E-state index in [-0.39, 0.29) is 36.8 Å². The van der Waals surface area contributed by atoms with Gasteiger partial charge in [-0.2, -0.15) is 0 Å². The first-order valence-corrected chi connectivity index (χ1v) is 11.5. The zero-order chi connectivity index (χ0) is 20.9. The Kier molecular flexibility index (Phi) is 4.59. The quantitative estimate of drug-likeness (QED) is 0.726. The van der Waals surface area contributed by atoms with Crippen LogP contribution in [0.3, 0.4) is 0 Å². The van der Waals surface area contributed by atoms with Crippen LogP contribution >= 0.6 is 0 Å². The van der Waals surface area contributed by atoms with E-state index in [4.69, 9.17) is 14.2 Å². The molecule has 2 aromatic carbocycles. The number of benzene rings is 2. The standard InChI is InChI=1S/C21H22N2O6S/c1-27-16-4-2-3-15(8-16)23-18-12-30(25,26)11-17(18)22(10-21(23)24)9-14-5-6-19-20(7-14)29-13-28-19/h2-8,17-18H,9-13H2,1H3/t17-,18-/m1/s1. The van der Waals surface area contributed by atoms with E-state index >= 15 is 0 Å². The molecule has 2 aromatic rings. The van der Waals surface area contributed by atoms with Gasteiger partial charge in [0.1, 0.15) is 5.75 Å². The Hall–Kier alpha value is -2.78. The second-order valence-electron chi connectivity index (χ2n) is 7.77. The summed E-state index contributed by atoms with van der Waals surface area (Å²) in [5, 5.41) is 0. The Morgan fingerprint density at radius 2 is 1.87 bits per heavy atom. The molecule has 0 saturated carbocycles. The molecule has 30 heavy (non-hydrogen) atoms. The van der Waals surface area contributed by atoms with Crippen LogP contribution in [0.4, 0.5) is 5.69 Å². The Balaban J connectivity index is 1.45. The molecule has 158 valence electrons. The fourth-order valence-corrected chi connectivity index (χ4v) is 6.48. The summed E-state index contributed by atoms with van der Waals surface area (Å²) in [5.41, 5.74) is 1.61. The highest BCUT2D eigenvalue weighted by Crippen LogP contribution is 2.36. The third-order valence-corrected chi connectivity index (χ3v) is 7.55. The number of hydrogen-bond acceptors (Lipinski definition) is 7. The molecule has 0 unspecified atom stereocenters. The van der Waals surface area contributed by atoms with Crippen LogP contribution in [0.1, 0.15) is 5.56 Å². The lowest BCUT2D eigenvalue weighted by atomic mass is 10.0. The van der Waals surface area contributed by atoms with Gasteiger partial charge >= 0.3 is 0 Å². The van der Waals surface area contributed by atoms with Gasteiger partial charge < -0.3 is 19.1 Å². The number of anilines is 1. The number of fused-ring (bicyclic) bond motifs is 2. The topological polar surface area (TPSA) is 85.4 Å². The van der Waals surface area contributed by atoms with Crippen molar-refractivity contribution in [2.45, 2.75) is 18.6 Å². The highest BCUT2D eigenvalue weighted by atomic mass is 32.2. The minimum Gasteiger partial charge on any atom is -0.497 e. The summed E-state index contributed by atoms with van der Waals surface area (Å²) in [6, 6.07) is 12.1. The smallest absolute Gasteiger partial charge is 0.241 e. The molecule has 0 aromatic heterocycles. The van der Waals surface area contributed by atoms with E-state index in [1.165, 1.54) is 0 Å². The van der Waals surface area contributed by atoms with Crippen LogP contribution in [0.2, 0.25) is 0 Å². The van der Waals surface area contributed by atoms with Crippen LogP contribution in [0.5, 0.6) is 17.2 Å². The first-order valence-electron chi connectivity index (χ1n) is 9.73. The molecule has 0 radical (unpaired) electrons. The summed E-state index contributed by atoms with van der Waals surface area (Å²) in [5.74, 6) is 1.86. The van der Waals surface area contributed by atoms with Crippen LogP contribution < -0.4 is 19.1 Å². The van der Waals surface area contributed by atoms with Gasteiger partial charge in [-0.15, -0.1) is 0 Å². The highest BCUT2D eigenvalue weighted by Gasteiger charge is 2.49. The Morgan fingerprint density at radius 3 is 2.70 bits per heavy atom. The molecule has 3 aliphatic rings. The van der Waals surface area contributed by atoms with E-state index in [9.17, 15) is 13.2 Å². The van der Waals surface area contributed by atoms with Gasteiger partial charge in [0.05, 0.1) is 31.2 Å². The monoisotopic (exact) mass is 430 g/mol.